The molecule has 1 aliphatic heterocycles. The van der Waals surface area contributed by atoms with Gasteiger partial charge in [0, 0.05) is 30.9 Å². The lowest BCUT2D eigenvalue weighted by Crippen LogP contribution is -2.30. The van der Waals surface area contributed by atoms with Crippen LogP contribution in [-0.4, -0.2) is 38.0 Å². The van der Waals surface area contributed by atoms with Crippen LogP contribution in [0.25, 0.3) is 0 Å². The van der Waals surface area contributed by atoms with E-state index in [4.69, 9.17) is 0 Å². The predicted octanol–water partition coefficient (Wildman–Crippen LogP) is 3.48. The van der Waals surface area contributed by atoms with Crippen LogP contribution in [-0.2, 0) is 4.79 Å². The number of amides is 2. The largest absolute Gasteiger partial charge is 0.374 e. The molecule has 0 radical (unpaired) electrons. The molecule has 1 fully saturated rings. The van der Waals surface area contributed by atoms with Crippen molar-refractivity contribution in [3.63, 3.8) is 0 Å². The monoisotopic (exact) mass is 380 g/mol. The fourth-order valence-electron chi connectivity index (χ4n) is 3.42. The number of carbonyl (C=O) groups excluding carboxylic acids is 2. The first-order valence-corrected chi connectivity index (χ1v) is 9.93. The number of piperidine rings is 1. The Hall–Kier alpha value is -3.02. The Bertz CT molecular complexity index is 816. The van der Waals surface area contributed by atoms with Crippen LogP contribution in [0.2, 0.25) is 0 Å². The first-order chi connectivity index (χ1) is 13.7. The van der Waals surface area contributed by atoms with E-state index in [1.54, 1.807) is 24.3 Å². The summed E-state index contributed by atoms with van der Waals surface area (Å²) in [6.45, 7) is 4.71. The van der Waals surface area contributed by atoms with E-state index in [1.165, 1.54) is 19.3 Å². The number of hydrogen-bond donors (Lipinski definition) is 3. The van der Waals surface area contributed by atoms with E-state index in [1.807, 2.05) is 25.1 Å². The van der Waals surface area contributed by atoms with Crippen molar-refractivity contribution in [2.24, 2.45) is 0 Å². The molecule has 28 heavy (non-hydrogen) atoms. The molecule has 0 atom stereocenters. The number of carbonyl (C=O) groups is 2. The molecule has 0 unspecified atom stereocenters. The van der Waals surface area contributed by atoms with E-state index in [-0.39, 0.29) is 18.4 Å². The second-order valence-corrected chi connectivity index (χ2v) is 6.91. The minimum Gasteiger partial charge on any atom is -0.374 e. The number of anilines is 3. The Balaban J connectivity index is 1.59. The SMILES string of the molecule is CCNC(=O)c1cccc(NC(=O)CNc2ccccc2N2CCCCC2)c1. The Kier molecular flexibility index (Phi) is 6.89. The minimum atomic E-state index is -0.151. The predicted molar refractivity (Wildman–Crippen MR) is 114 cm³/mol. The Morgan fingerprint density at radius 2 is 1.79 bits per heavy atom. The average molecular weight is 380 g/mol. The molecule has 2 amide bonds. The highest BCUT2D eigenvalue weighted by Gasteiger charge is 2.14. The van der Waals surface area contributed by atoms with Gasteiger partial charge in [0.25, 0.3) is 5.91 Å². The van der Waals surface area contributed by atoms with Gasteiger partial charge in [0.15, 0.2) is 0 Å². The molecule has 2 aromatic carbocycles. The number of para-hydroxylation sites is 2. The van der Waals surface area contributed by atoms with Gasteiger partial charge in [0.1, 0.15) is 0 Å². The normalized spacial score (nSPS) is 13.7. The first-order valence-electron chi connectivity index (χ1n) is 9.93. The maximum absolute atomic E-state index is 12.4. The first kappa shape index (κ1) is 19.7. The molecule has 3 rings (SSSR count). The van der Waals surface area contributed by atoms with Crippen LogP contribution >= 0.6 is 0 Å². The molecular weight excluding hydrogens is 352 g/mol. The molecule has 1 heterocycles. The van der Waals surface area contributed by atoms with Gasteiger partial charge in [-0.2, -0.15) is 0 Å². The highest BCUT2D eigenvalue weighted by Crippen LogP contribution is 2.28. The molecule has 0 saturated carbocycles. The zero-order chi connectivity index (χ0) is 19.8. The van der Waals surface area contributed by atoms with Gasteiger partial charge in [-0.3, -0.25) is 9.59 Å². The standard InChI is InChI=1S/C22H28N4O2/c1-2-23-22(28)17-9-8-10-18(15-17)25-21(27)16-24-19-11-4-5-12-20(19)26-13-6-3-7-14-26/h4-5,8-12,15,24H,2-3,6-7,13-14,16H2,1H3,(H,23,28)(H,25,27). The summed E-state index contributed by atoms with van der Waals surface area (Å²) in [6.07, 6.45) is 3.69. The second kappa shape index (κ2) is 9.78. The smallest absolute Gasteiger partial charge is 0.251 e. The lowest BCUT2D eigenvalue weighted by molar-refractivity contribution is -0.114. The summed E-state index contributed by atoms with van der Waals surface area (Å²) in [5.41, 5.74) is 3.26. The summed E-state index contributed by atoms with van der Waals surface area (Å²) in [7, 11) is 0. The Morgan fingerprint density at radius 1 is 1.00 bits per heavy atom. The van der Waals surface area contributed by atoms with Crippen LogP contribution < -0.4 is 20.9 Å². The van der Waals surface area contributed by atoms with Gasteiger partial charge >= 0.3 is 0 Å². The maximum Gasteiger partial charge on any atom is 0.251 e. The molecule has 1 aliphatic rings. The number of nitrogens with one attached hydrogen (secondary N) is 3. The van der Waals surface area contributed by atoms with Crippen LogP contribution in [0.15, 0.2) is 48.5 Å². The second-order valence-electron chi connectivity index (χ2n) is 6.91. The van der Waals surface area contributed by atoms with E-state index < -0.39 is 0 Å². The molecule has 3 N–H and O–H groups in total. The Labute approximate surface area is 166 Å². The quantitative estimate of drug-likeness (QED) is 0.688. The third kappa shape index (κ3) is 5.25. The lowest BCUT2D eigenvalue weighted by Gasteiger charge is -2.30. The summed E-state index contributed by atoms with van der Waals surface area (Å²) >= 11 is 0. The maximum atomic E-state index is 12.4. The van der Waals surface area contributed by atoms with Crippen molar-refractivity contribution in [1.29, 1.82) is 0 Å². The molecule has 1 saturated heterocycles. The van der Waals surface area contributed by atoms with Gasteiger partial charge in [-0.05, 0) is 56.5 Å². The molecule has 6 heteroatoms. The summed E-state index contributed by atoms with van der Waals surface area (Å²) < 4.78 is 0. The molecule has 0 bridgehead atoms. The van der Waals surface area contributed by atoms with Crippen molar-refractivity contribution in [2.45, 2.75) is 26.2 Å². The highest BCUT2D eigenvalue weighted by atomic mass is 16.2. The minimum absolute atomic E-state index is 0.146. The third-order valence-corrected chi connectivity index (χ3v) is 4.79. The topological polar surface area (TPSA) is 73.5 Å². The fourth-order valence-corrected chi connectivity index (χ4v) is 3.42. The number of rotatable bonds is 7. The van der Waals surface area contributed by atoms with Crippen LogP contribution in [0.5, 0.6) is 0 Å². The molecule has 0 aliphatic carbocycles. The van der Waals surface area contributed by atoms with E-state index in [0.717, 1.165) is 24.5 Å². The van der Waals surface area contributed by atoms with Gasteiger partial charge in [0.05, 0.1) is 17.9 Å². The molecule has 148 valence electrons. The van der Waals surface area contributed by atoms with Gasteiger partial charge in [0.2, 0.25) is 5.91 Å². The van der Waals surface area contributed by atoms with Crippen molar-refractivity contribution in [1.82, 2.24) is 5.32 Å². The zero-order valence-electron chi connectivity index (χ0n) is 16.3. The van der Waals surface area contributed by atoms with Crippen molar-refractivity contribution in [3.8, 4) is 0 Å². The van der Waals surface area contributed by atoms with Crippen LogP contribution in [0.1, 0.15) is 36.5 Å². The van der Waals surface area contributed by atoms with Gasteiger partial charge in [-0.1, -0.05) is 18.2 Å². The Morgan fingerprint density at radius 3 is 2.57 bits per heavy atom. The number of benzene rings is 2. The lowest BCUT2D eigenvalue weighted by atomic mass is 10.1. The third-order valence-electron chi connectivity index (χ3n) is 4.79. The van der Waals surface area contributed by atoms with E-state index >= 15 is 0 Å². The zero-order valence-corrected chi connectivity index (χ0v) is 16.3. The molecule has 0 aromatic heterocycles. The molecule has 2 aromatic rings. The average Bonchev–Trinajstić information content (AvgIpc) is 2.73. The number of hydrogen-bond acceptors (Lipinski definition) is 4. The van der Waals surface area contributed by atoms with Crippen molar-refractivity contribution in [2.75, 3.05) is 41.7 Å². The van der Waals surface area contributed by atoms with Crippen LogP contribution in [0.4, 0.5) is 17.1 Å². The van der Waals surface area contributed by atoms with Crippen molar-refractivity contribution in [3.05, 3.63) is 54.1 Å². The fraction of sp³-hybridized carbons (Fsp3) is 0.364. The van der Waals surface area contributed by atoms with Gasteiger partial charge in [-0.25, -0.2) is 0 Å². The molecule has 6 nitrogen and oxygen atoms in total. The summed E-state index contributed by atoms with van der Waals surface area (Å²) in [4.78, 5) is 26.7. The van der Waals surface area contributed by atoms with Crippen LogP contribution in [0.3, 0.4) is 0 Å². The van der Waals surface area contributed by atoms with E-state index in [2.05, 4.69) is 26.9 Å². The molecule has 0 spiro atoms. The van der Waals surface area contributed by atoms with Gasteiger partial charge < -0.3 is 20.9 Å². The highest BCUT2D eigenvalue weighted by molar-refractivity contribution is 5.98. The van der Waals surface area contributed by atoms with Gasteiger partial charge in [-0.15, -0.1) is 0 Å². The van der Waals surface area contributed by atoms with Crippen molar-refractivity contribution >= 4 is 28.9 Å². The summed E-state index contributed by atoms with van der Waals surface area (Å²) in [6, 6.07) is 15.1. The van der Waals surface area contributed by atoms with E-state index in [0.29, 0.717) is 17.8 Å². The van der Waals surface area contributed by atoms with Crippen molar-refractivity contribution < 1.29 is 9.59 Å². The summed E-state index contributed by atoms with van der Waals surface area (Å²) in [5, 5.41) is 8.87. The number of nitrogens with zero attached hydrogens (tertiary/aromatic N) is 1. The molecular formula is C22H28N4O2. The summed E-state index contributed by atoms with van der Waals surface area (Å²) in [5.74, 6) is -0.298. The van der Waals surface area contributed by atoms with Crippen LogP contribution in [0, 0.1) is 0 Å². The van der Waals surface area contributed by atoms with E-state index in [9.17, 15) is 9.59 Å².